The molecule has 2 fully saturated rings. The fraction of sp³-hybridized carbons (Fsp3) is 0.480. The number of amides is 3. The smallest absolute Gasteiger partial charge is 0.322 e. The van der Waals surface area contributed by atoms with Crippen molar-refractivity contribution in [2.75, 3.05) is 38.1 Å². The number of pyridine rings is 1. The molecule has 0 atom stereocenters. The van der Waals surface area contributed by atoms with Crippen molar-refractivity contribution in [3.05, 3.63) is 54.4 Å². The van der Waals surface area contributed by atoms with Crippen LogP contribution in [0.15, 0.2) is 48.8 Å². The maximum absolute atomic E-state index is 13.0. The molecule has 32 heavy (non-hydrogen) atoms. The molecular weight excluding hydrogens is 404 g/mol. The number of hydrogen-bond acceptors (Lipinski definition) is 4. The maximum atomic E-state index is 13.0. The number of nitrogens with zero attached hydrogens (tertiary/aromatic N) is 3. The highest BCUT2D eigenvalue weighted by Gasteiger charge is 2.25. The molecule has 0 unspecified atom stereocenters. The van der Waals surface area contributed by atoms with Gasteiger partial charge < -0.3 is 19.9 Å². The van der Waals surface area contributed by atoms with E-state index >= 15 is 0 Å². The van der Waals surface area contributed by atoms with E-state index < -0.39 is 0 Å². The van der Waals surface area contributed by atoms with Crippen LogP contribution in [-0.4, -0.2) is 59.5 Å². The van der Waals surface area contributed by atoms with Crippen molar-refractivity contribution in [1.29, 1.82) is 0 Å². The Labute approximate surface area is 189 Å². The van der Waals surface area contributed by atoms with Crippen LogP contribution in [0.25, 0.3) is 0 Å². The maximum Gasteiger partial charge on any atom is 0.322 e. The second kappa shape index (κ2) is 11.0. The van der Waals surface area contributed by atoms with Crippen molar-refractivity contribution >= 4 is 17.6 Å². The summed E-state index contributed by atoms with van der Waals surface area (Å²) in [5, 5.41) is 2.84. The number of anilines is 1. The Morgan fingerprint density at radius 3 is 2.53 bits per heavy atom. The monoisotopic (exact) mass is 436 g/mol. The fourth-order valence-electron chi connectivity index (χ4n) is 4.47. The lowest BCUT2D eigenvalue weighted by molar-refractivity contribution is 0.0671. The first kappa shape index (κ1) is 22.1. The molecule has 7 heteroatoms. The van der Waals surface area contributed by atoms with Gasteiger partial charge in [0.2, 0.25) is 0 Å². The van der Waals surface area contributed by atoms with Crippen LogP contribution in [0, 0.1) is 5.92 Å². The number of ether oxygens (including phenoxy) is 1. The van der Waals surface area contributed by atoms with E-state index in [1.807, 2.05) is 24.3 Å². The molecule has 1 aliphatic carbocycles. The molecule has 0 radical (unpaired) electrons. The molecule has 1 N–H and O–H groups in total. The molecule has 3 amide bonds. The minimum absolute atomic E-state index is 0.0185. The second-order valence-electron chi connectivity index (χ2n) is 8.62. The van der Waals surface area contributed by atoms with Crippen molar-refractivity contribution < 1.29 is 14.3 Å². The van der Waals surface area contributed by atoms with Crippen LogP contribution in [0.2, 0.25) is 0 Å². The van der Waals surface area contributed by atoms with Gasteiger partial charge in [0, 0.05) is 37.9 Å². The molecule has 1 aliphatic heterocycles. The van der Waals surface area contributed by atoms with E-state index in [-0.39, 0.29) is 11.9 Å². The van der Waals surface area contributed by atoms with E-state index in [0.717, 1.165) is 18.1 Å². The van der Waals surface area contributed by atoms with Crippen molar-refractivity contribution in [2.45, 2.75) is 38.5 Å². The minimum atomic E-state index is -0.168. The lowest BCUT2D eigenvalue weighted by atomic mass is 9.87. The molecule has 170 valence electrons. The Morgan fingerprint density at radius 1 is 1.00 bits per heavy atom. The van der Waals surface area contributed by atoms with Crippen molar-refractivity contribution in [3.8, 4) is 5.75 Å². The molecule has 2 aromatic rings. The van der Waals surface area contributed by atoms with E-state index in [1.54, 1.807) is 34.3 Å². The van der Waals surface area contributed by atoms with Gasteiger partial charge in [0.1, 0.15) is 5.75 Å². The lowest BCUT2D eigenvalue weighted by Gasteiger charge is -2.34. The van der Waals surface area contributed by atoms with Gasteiger partial charge >= 0.3 is 6.03 Å². The third-order valence-corrected chi connectivity index (χ3v) is 6.37. The molecule has 0 spiro atoms. The number of hydrogen-bond donors (Lipinski definition) is 1. The van der Waals surface area contributed by atoms with Crippen LogP contribution in [-0.2, 0) is 0 Å². The predicted molar refractivity (Wildman–Crippen MR) is 124 cm³/mol. The summed E-state index contributed by atoms with van der Waals surface area (Å²) < 4.78 is 5.96. The zero-order valence-corrected chi connectivity index (χ0v) is 18.5. The third-order valence-electron chi connectivity index (χ3n) is 6.37. The number of carbonyl (C=O) groups excluding carboxylic acids is 2. The van der Waals surface area contributed by atoms with Crippen molar-refractivity contribution in [2.24, 2.45) is 5.92 Å². The second-order valence-corrected chi connectivity index (χ2v) is 8.62. The highest BCUT2D eigenvalue weighted by atomic mass is 16.5. The van der Waals surface area contributed by atoms with Crippen LogP contribution in [0.5, 0.6) is 5.75 Å². The number of benzene rings is 1. The van der Waals surface area contributed by atoms with E-state index in [1.165, 1.54) is 32.1 Å². The first-order valence-electron chi connectivity index (χ1n) is 11.7. The van der Waals surface area contributed by atoms with Gasteiger partial charge in [-0.05, 0) is 42.7 Å². The first-order chi connectivity index (χ1) is 15.7. The molecule has 1 saturated heterocycles. The van der Waals surface area contributed by atoms with E-state index in [0.29, 0.717) is 44.0 Å². The Balaban J connectivity index is 1.24. The standard InChI is InChI=1S/C25H32N4O3/c30-24(21-8-4-10-23(18-21)32-17-11-20-6-2-1-3-7-20)28-13-15-29(16-14-28)25(31)27-22-9-5-12-26-19-22/h4-5,8-10,12,18-20H,1-3,6-7,11,13-17H2,(H,27,31). The summed E-state index contributed by atoms with van der Waals surface area (Å²) in [6.45, 7) is 2.70. The fourth-order valence-corrected chi connectivity index (χ4v) is 4.47. The number of nitrogens with one attached hydrogen (secondary N) is 1. The van der Waals surface area contributed by atoms with Gasteiger partial charge in [-0.2, -0.15) is 0 Å². The number of carbonyl (C=O) groups is 2. The lowest BCUT2D eigenvalue weighted by Crippen LogP contribution is -2.51. The zero-order chi connectivity index (χ0) is 22.2. The first-order valence-corrected chi connectivity index (χ1v) is 11.7. The normalized spacial score (nSPS) is 17.1. The largest absolute Gasteiger partial charge is 0.494 e. The van der Waals surface area contributed by atoms with Gasteiger partial charge in [0.15, 0.2) is 0 Å². The third kappa shape index (κ3) is 5.99. The van der Waals surface area contributed by atoms with Gasteiger partial charge in [-0.1, -0.05) is 38.2 Å². The van der Waals surface area contributed by atoms with Crippen LogP contribution in [0.4, 0.5) is 10.5 Å². The van der Waals surface area contributed by atoms with Crippen molar-refractivity contribution in [3.63, 3.8) is 0 Å². The van der Waals surface area contributed by atoms with Gasteiger partial charge in [-0.3, -0.25) is 9.78 Å². The highest BCUT2D eigenvalue weighted by Crippen LogP contribution is 2.26. The number of urea groups is 1. The predicted octanol–water partition coefficient (Wildman–Crippen LogP) is 4.42. The highest BCUT2D eigenvalue weighted by molar-refractivity contribution is 5.95. The van der Waals surface area contributed by atoms with Gasteiger partial charge in [-0.25, -0.2) is 4.79 Å². The average molecular weight is 437 g/mol. The van der Waals surface area contributed by atoms with Crippen molar-refractivity contribution in [1.82, 2.24) is 14.8 Å². The molecule has 1 saturated carbocycles. The summed E-state index contributed by atoms with van der Waals surface area (Å²) in [7, 11) is 0. The summed E-state index contributed by atoms with van der Waals surface area (Å²) in [4.78, 5) is 33.0. The SMILES string of the molecule is O=C(Nc1cccnc1)N1CCN(C(=O)c2cccc(OCCC3CCCCC3)c2)CC1. The summed E-state index contributed by atoms with van der Waals surface area (Å²) in [5.74, 6) is 1.51. The molecule has 7 nitrogen and oxygen atoms in total. The van der Waals surface area contributed by atoms with Gasteiger partial charge in [0.05, 0.1) is 18.5 Å². The Morgan fingerprint density at radius 2 is 1.78 bits per heavy atom. The molecular formula is C25H32N4O3. The summed E-state index contributed by atoms with van der Waals surface area (Å²) in [5.41, 5.74) is 1.30. The van der Waals surface area contributed by atoms with Gasteiger partial charge in [0.25, 0.3) is 5.91 Å². The van der Waals surface area contributed by atoms with Gasteiger partial charge in [-0.15, -0.1) is 0 Å². The minimum Gasteiger partial charge on any atom is -0.494 e. The summed E-state index contributed by atoms with van der Waals surface area (Å²) >= 11 is 0. The van der Waals surface area contributed by atoms with Crippen LogP contribution < -0.4 is 10.1 Å². The summed E-state index contributed by atoms with van der Waals surface area (Å²) in [6.07, 6.45) is 11.0. The van der Waals surface area contributed by atoms with E-state index in [2.05, 4.69) is 10.3 Å². The summed E-state index contributed by atoms with van der Waals surface area (Å²) in [6, 6.07) is 10.9. The molecule has 4 rings (SSSR count). The Hall–Kier alpha value is -3.09. The Kier molecular flexibility index (Phi) is 7.59. The molecule has 0 bridgehead atoms. The van der Waals surface area contributed by atoms with Crippen LogP contribution in [0.1, 0.15) is 48.9 Å². The molecule has 2 heterocycles. The zero-order valence-electron chi connectivity index (χ0n) is 18.5. The number of piperazine rings is 1. The average Bonchev–Trinajstić information content (AvgIpc) is 2.85. The number of aromatic nitrogens is 1. The topological polar surface area (TPSA) is 74.8 Å². The Bertz CT molecular complexity index is 891. The van der Waals surface area contributed by atoms with Crippen LogP contribution in [0.3, 0.4) is 0 Å². The van der Waals surface area contributed by atoms with Crippen LogP contribution >= 0.6 is 0 Å². The number of rotatable bonds is 6. The van der Waals surface area contributed by atoms with E-state index in [9.17, 15) is 9.59 Å². The quantitative estimate of drug-likeness (QED) is 0.727. The molecule has 1 aromatic heterocycles. The molecule has 2 aliphatic rings. The van der Waals surface area contributed by atoms with E-state index in [4.69, 9.17) is 4.74 Å². The molecule has 1 aromatic carbocycles.